The second-order valence-corrected chi connectivity index (χ2v) is 5.88. The lowest BCUT2D eigenvalue weighted by molar-refractivity contribution is -0.124. The van der Waals surface area contributed by atoms with E-state index in [0.29, 0.717) is 5.02 Å². The van der Waals surface area contributed by atoms with Crippen molar-refractivity contribution in [1.29, 1.82) is 0 Å². The molecule has 0 aromatic heterocycles. The van der Waals surface area contributed by atoms with Crippen molar-refractivity contribution in [2.24, 2.45) is 0 Å². The minimum Gasteiger partial charge on any atom is -0.481 e. The Morgan fingerprint density at radius 2 is 2.00 bits per heavy atom. The fourth-order valence-corrected chi connectivity index (χ4v) is 2.32. The number of amides is 1. The van der Waals surface area contributed by atoms with Gasteiger partial charge in [0.15, 0.2) is 18.2 Å². The van der Waals surface area contributed by atoms with Crippen molar-refractivity contribution >= 4 is 17.5 Å². The van der Waals surface area contributed by atoms with E-state index in [4.69, 9.17) is 21.1 Å². The third-order valence-electron chi connectivity index (χ3n) is 3.70. The SMILES string of the molecule is COC(C)(CNC(=O)COc1ccccc1F)c1cccc(Cl)c1. The van der Waals surface area contributed by atoms with Crippen LogP contribution in [-0.2, 0) is 15.1 Å². The summed E-state index contributed by atoms with van der Waals surface area (Å²) >= 11 is 6.00. The molecule has 2 aromatic rings. The highest BCUT2D eigenvalue weighted by Gasteiger charge is 2.27. The van der Waals surface area contributed by atoms with Crippen molar-refractivity contribution in [3.63, 3.8) is 0 Å². The number of halogens is 2. The van der Waals surface area contributed by atoms with Crippen LogP contribution in [0.15, 0.2) is 48.5 Å². The molecule has 0 saturated carbocycles. The highest BCUT2D eigenvalue weighted by molar-refractivity contribution is 6.30. The van der Waals surface area contributed by atoms with Gasteiger partial charge in [-0.1, -0.05) is 35.9 Å². The van der Waals surface area contributed by atoms with Crippen molar-refractivity contribution in [1.82, 2.24) is 5.32 Å². The van der Waals surface area contributed by atoms with Crippen LogP contribution in [0.5, 0.6) is 5.75 Å². The standard InChI is InChI=1S/C18H19ClFNO3/c1-18(23-2,13-6-5-7-14(19)10-13)12-21-17(22)11-24-16-9-4-3-8-15(16)20/h3-10H,11-12H2,1-2H3,(H,21,22). The molecule has 6 heteroatoms. The van der Waals surface area contributed by atoms with Gasteiger partial charge in [0.1, 0.15) is 5.60 Å². The molecule has 0 aliphatic carbocycles. The van der Waals surface area contributed by atoms with Crippen LogP contribution in [0.3, 0.4) is 0 Å². The summed E-state index contributed by atoms with van der Waals surface area (Å²) in [4.78, 5) is 11.9. The van der Waals surface area contributed by atoms with E-state index in [2.05, 4.69) is 5.32 Å². The number of hydrogen-bond donors (Lipinski definition) is 1. The van der Waals surface area contributed by atoms with Gasteiger partial charge in [0, 0.05) is 12.1 Å². The van der Waals surface area contributed by atoms with Gasteiger partial charge in [-0.05, 0) is 36.8 Å². The zero-order valence-corrected chi connectivity index (χ0v) is 14.3. The maximum atomic E-state index is 13.4. The molecule has 0 spiro atoms. The Morgan fingerprint density at radius 1 is 1.25 bits per heavy atom. The molecule has 0 aliphatic heterocycles. The Labute approximate surface area is 145 Å². The zero-order valence-electron chi connectivity index (χ0n) is 13.5. The second-order valence-electron chi connectivity index (χ2n) is 5.44. The predicted octanol–water partition coefficient (Wildman–Crippen LogP) is 3.54. The molecule has 0 bridgehead atoms. The lowest BCUT2D eigenvalue weighted by Gasteiger charge is -2.29. The average Bonchev–Trinajstić information content (AvgIpc) is 2.59. The average molecular weight is 352 g/mol. The quantitative estimate of drug-likeness (QED) is 0.830. The summed E-state index contributed by atoms with van der Waals surface area (Å²) in [7, 11) is 1.56. The molecule has 2 rings (SSSR count). The molecule has 4 nitrogen and oxygen atoms in total. The first-order valence-corrected chi connectivity index (χ1v) is 7.77. The van der Waals surface area contributed by atoms with Crippen LogP contribution in [0, 0.1) is 5.82 Å². The maximum Gasteiger partial charge on any atom is 0.258 e. The van der Waals surface area contributed by atoms with Gasteiger partial charge in [0.05, 0.1) is 6.54 Å². The summed E-state index contributed by atoms with van der Waals surface area (Å²) in [6.45, 7) is 1.79. The van der Waals surface area contributed by atoms with Crippen LogP contribution in [0.1, 0.15) is 12.5 Å². The van der Waals surface area contributed by atoms with Gasteiger partial charge in [-0.15, -0.1) is 0 Å². The van der Waals surface area contributed by atoms with E-state index in [1.807, 2.05) is 19.1 Å². The Bertz CT molecular complexity index is 710. The van der Waals surface area contributed by atoms with Gasteiger partial charge in [0.25, 0.3) is 5.91 Å². The van der Waals surface area contributed by atoms with Crippen molar-refractivity contribution in [2.75, 3.05) is 20.3 Å². The molecule has 0 radical (unpaired) electrons. The van der Waals surface area contributed by atoms with E-state index in [9.17, 15) is 9.18 Å². The number of carbonyl (C=O) groups is 1. The molecule has 1 amide bonds. The van der Waals surface area contributed by atoms with Gasteiger partial charge >= 0.3 is 0 Å². The zero-order chi connectivity index (χ0) is 17.6. The molecule has 0 aliphatic rings. The third-order valence-corrected chi connectivity index (χ3v) is 3.94. The van der Waals surface area contributed by atoms with Crippen molar-refractivity contribution < 1.29 is 18.7 Å². The lowest BCUT2D eigenvalue weighted by atomic mass is 9.95. The molecule has 1 unspecified atom stereocenters. The van der Waals surface area contributed by atoms with Crippen molar-refractivity contribution in [3.8, 4) is 5.75 Å². The van der Waals surface area contributed by atoms with E-state index in [-0.39, 0.29) is 24.8 Å². The van der Waals surface area contributed by atoms with E-state index in [0.717, 1.165) is 5.56 Å². The molecular weight excluding hydrogens is 333 g/mol. The summed E-state index contributed by atoms with van der Waals surface area (Å²) in [5.74, 6) is -0.841. The number of methoxy groups -OCH3 is 1. The summed E-state index contributed by atoms with van der Waals surface area (Å²) in [6.07, 6.45) is 0. The monoisotopic (exact) mass is 351 g/mol. The first-order valence-electron chi connectivity index (χ1n) is 7.40. The molecule has 128 valence electrons. The normalized spacial score (nSPS) is 13.2. The third kappa shape index (κ3) is 4.69. The molecule has 0 fully saturated rings. The Balaban J connectivity index is 1.93. The van der Waals surface area contributed by atoms with Crippen LogP contribution in [-0.4, -0.2) is 26.2 Å². The number of carbonyl (C=O) groups excluding carboxylic acids is 1. The molecule has 1 atom stereocenters. The number of ether oxygens (including phenoxy) is 2. The van der Waals surface area contributed by atoms with Gasteiger partial charge in [-0.25, -0.2) is 4.39 Å². The van der Waals surface area contributed by atoms with Gasteiger partial charge in [-0.3, -0.25) is 4.79 Å². The molecule has 0 heterocycles. The highest BCUT2D eigenvalue weighted by Crippen LogP contribution is 2.26. The fraction of sp³-hybridized carbons (Fsp3) is 0.278. The van der Waals surface area contributed by atoms with Crippen LogP contribution in [0.25, 0.3) is 0 Å². The highest BCUT2D eigenvalue weighted by atomic mass is 35.5. The van der Waals surface area contributed by atoms with E-state index in [1.165, 1.54) is 12.1 Å². The molecule has 2 aromatic carbocycles. The summed E-state index contributed by atoms with van der Waals surface area (Å²) in [5, 5.41) is 3.32. The summed E-state index contributed by atoms with van der Waals surface area (Å²) in [5.41, 5.74) is 0.103. The number of rotatable bonds is 7. The topological polar surface area (TPSA) is 47.6 Å². The van der Waals surface area contributed by atoms with Gasteiger partial charge in [-0.2, -0.15) is 0 Å². The van der Waals surface area contributed by atoms with Gasteiger partial charge < -0.3 is 14.8 Å². The number of benzene rings is 2. The van der Waals surface area contributed by atoms with Crippen LogP contribution in [0.2, 0.25) is 5.02 Å². The second kappa shape index (κ2) is 8.13. The van der Waals surface area contributed by atoms with Crippen LogP contribution in [0.4, 0.5) is 4.39 Å². The first kappa shape index (κ1) is 18.2. The largest absolute Gasteiger partial charge is 0.481 e. The molecule has 24 heavy (non-hydrogen) atoms. The Morgan fingerprint density at radius 3 is 2.67 bits per heavy atom. The molecule has 1 N–H and O–H groups in total. The van der Waals surface area contributed by atoms with Crippen molar-refractivity contribution in [2.45, 2.75) is 12.5 Å². The lowest BCUT2D eigenvalue weighted by Crippen LogP contribution is -2.41. The predicted molar refractivity (Wildman–Crippen MR) is 90.7 cm³/mol. The van der Waals surface area contributed by atoms with Crippen LogP contribution < -0.4 is 10.1 Å². The van der Waals surface area contributed by atoms with E-state index in [1.54, 1.807) is 31.4 Å². The number of para-hydroxylation sites is 1. The minimum absolute atomic E-state index is 0.0389. The molecule has 0 saturated heterocycles. The minimum atomic E-state index is -0.738. The smallest absolute Gasteiger partial charge is 0.258 e. The fourth-order valence-electron chi connectivity index (χ4n) is 2.13. The van der Waals surface area contributed by atoms with Crippen LogP contribution >= 0.6 is 11.6 Å². The first-order chi connectivity index (χ1) is 11.4. The number of nitrogens with one attached hydrogen (secondary N) is 1. The number of hydrogen-bond acceptors (Lipinski definition) is 3. The summed E-state index contributed by atoms with van der Waals surface area (Å²) in [6, 6.07) is 13.2. The Kier molecular flexibility index (Phi) is 6.17. The van der Waals surface area contributed by atoms with Crippen molar-refractivity contribution in [3.05, 3.63) is 64.9 Å². The van der Waals surface area contributed by atoms with Gasteiger partial charge in [0.2, 0.25) is 0 Å². The maximum absolute atomic E-state index is 13.4. The van der Waals surface area contributed by atoms with E-state index >= 15 is 0 Å². The summed E-state index contributed by atoms with van der Waals surface area (Å²) < 4.78 is 24.1. The Hall–Kier alpha value is -2.11. The van der Waals surface area contributed by atoms with E-state index < -0.39 is 11.4 Å². The molecular formula is C18H19ClFNO3.